The number of rotatable bonds is 23. The third-order valence-electron chi connectivity index (χ3n) is 14.2. The van der Waals surface area contributed by atoms with E-state index in [4.69, 9.17) is 10.7 Å². The quantitative estimate of drug-likeness (QED) is 0.0383. The first-order valence-electron chi connectivity index (χ1n) is 26.6. The van der Waals surface area contributed by atoms with Crippen molar-refractivity contribution in [2.24, 2.45) is 5.41 Å². The molecule has 3 atom stereocenters. The summed E-state index contributed by atoms with van der Waals surface area (Å²) in [4.78, 5) is 82.8. The number of aromatic nitrogens is 6. The topological polar surface area (TPSA) is 229 Å². The highest BCUT2D eigenvalue weighted by atomic mass is 32.1. The van der Waals surface area contributed by atoms with Gasteiger partial charge >= 0.3 is 0 Å². The number of amides is 4. The third kappa shape index (κ3) is 14.7. The molecule has 0 bridgehead atoms. The Morgan fingerprint density at radius 2 is 1.51 bits per heavy atom. The number of nitrogen functional groups attached to an aromatic ring is 1. The highest BCUT2D eigenvalue weighted by Crippen LogP contribution is 2.30. The van der Waals surface area contributed by atoms with Crippen LogP contribution >= 0.6 is 11.3 Å². The van der Waals surface area contributed by atoms with Crippen molar-refractivity contribution in [2.75, 3.05) is 48.7 Å². The van der Waals surface area contributed by atoms with Crippen LogP contribution < -0.4 is 26.6 Å². The minimum atomic E-state index is -0.841. The smallest absolute Gasteiger partial charge is 0.246 e. The fourth-order valence-corrected chi connectivity index (χ4v) is 10.7. The number of piperazine rings is 1. The normalized spacial score (nSPS) is 16.3. The van der Waals surface area contributed by atoms with Gasteiger partial charge in [-0.3, -0.25) is 24.2 Å². The van der Waals surface area contributed by atoms with Gasteiger partial charge in [0.25, 0.3) is 0 Å². The molecule has 6 aromatic rings. The van der Waals surface area contributed by atoms with Crippen molar-refractivity contribution in [3.63, 3.8) is 0 Å². The Morgan fingerprint density at radius 1 is 0.827 bits per heavy atom. The molecule has 2 saturated heterocycles. The van der Waals surface area contributed by atoms with Crippen LogP contribution in [0.1, 0.15) is 115 Å². The van der Waals surface area contributed by atoms with Gasteiger partial charge in [-0.05, 0) is 60.6 Å². The number of anilines is 4. The molecule has 2 fully saturated rings. The highest BCUT2D eigenvalue weighted by Gasteiger charge is 2.44. The predicted molar refractivity (Wildman–Crippen MR) is 294 cm³/mol. The summed E-state index contributed by atoms with van der Waals surface area (Å²) >= 11 is 1.59. The summed E-state index contributed by atoms with van der Waals surface area (Å²) in [7, 11) is 0. The van der Waals surface area contributed by atoms with Gasteiger partial charge in [-0.25, -0.2) is 19.9 Å². The van der Waals surface area contributed by atoms with Gasteiger partial charge in [-0.15, -0.1) is 11.3 Å². The summed E-state index contributed by atoms with van der Waals surface area (Å²) in [6.45, 7) is 11.0. The average Bonchev–Trinajstić information content (AvgIpc) is 4.17. The van der Waals surface area contributed by atoms with Gasteiger partial charge in [-0.2, -0.15) is 0 Å². The Labute approximate surface area is 444 Å². The van der Waals surface area contributed by atoms with Crippen LogP contribution in [0.5, 0.6) is 0 Å². The standard InChI is InChI=1S/C56H73N13O5S/c1-38-50(75-37-61-38)40-19-17-39(18-20-40)32-60-54(73)46-31-43(70)35-69(46)55(74)51(56(2,3)4)65-48(71)15-13-11-9-7-5-6-8-10-12-14-16-49(72)67-29-27-66(28-30-67)42-23-21-41(22-24-42)62-52-53-59-25-26-68(53)36-45(64-52)44-33-58-34-47(57)63-44/h17-26,33-34,36-37,43,46,51,70H,5-16,27-32,35H2,1-4H3,(H2,57,63)(H,60,73)(H,62,64)(H,65,71)/t43-,46+,51-/m1/s1. The summed E-state index contributed by atoms with van der Waals surface area (Å²) in [6.07, 6.45) is 19.1. The van der Waals surface area contributed by atoms with Crippen molar-refractivity contribution < 1.29 is 24.3 Å². The van der Waals surface area contributed by atoms with Crippen molar-refractivity contribution in [3.8, 4) is 21.8 Å². The maximum Gasteiger partial charge on any atom is 0.246 e. The SMILES string of the molecule is Cc1ncsc1-c1ccc(CNC(=O)[C@@H]2C[C@@H](O)CN2C(=O)[C@@H](NC(=O)CCCCCCCCCCCCC(=O)N2CCN(c3ccc(Nc4nc(-c5cncc(N)n5)cn5ccnc45)cc3)CC2)C(C)(C)C)cc1. The van der Waals surface area contributed by atoms with E-state index in [0.29, 0.717) is 54.6 Å². The molecule has 8 rings (SSSR count). The minimum absolute atomic E-state index is 0.0388. The summed E-state index contributed by atoms with van der Waals surface area (Å²) in [6, 6.07) is 14.5. The number of unbranched alkanes of at least 4 members (excludes halogenated alkanes) is 9. The number of nitrogens with zero attached hydrogens (tertiary/aromatic N) is 9. The van der Waals surface area contributed by atoms with Crippen LogP contribution in [-0.4, -0.2) is 119 Å². The summed E-state index contributed by atoms with van der Waals surface area (Å²) in [5.74, 6) is 0.293. The lowest BCUT2D eigenvalue weighted by Gasteiger charge is -2.36. The minimum Gasteiger partial charge on any atom is -0.391 e. The van der Waals surface area contributed by atoms with Crippen LogP contribution in [0.3, 0.4) is 0 Å². The molecular weight excluding hydrogens is 967 g/mol. The first-order valence-corrected chi connectivity index (χ1v) is 27.4. The first-order chi connectivity index (χ1) is 36.2. The number of nitrogens with two attached hydrogens (primary N) is 1. The molecule has 0 spiro atoms. The number of thiazole rings is 1. The van der Waals surface area contributed by atoms with Crippen molar-refractivity contribution in [3.05, 3.63) is 96.3 Å². The number of aliphatic hydroxyl groups is 1. The van der Waals surface area contributed by atoms with E-state index >= 15 is 0 Å². The Morgan fingerprint density at radius 3 is 2.16 bits per heavy atom. The molecule has 0 unspecified atom stereocenters. The molecule has 0 radical (unpaired) electrons. The number of aliphatic hydroxyl groups excluding tert-OH is 1. The molecule has 0 aliphatic carbocycles. The number of carbonyl (C=O) groups is 4. The van der Waals surface area contributed by atoms with Gasteiger partial charge in [0, 0.05) is 88.5 Å². The Bertz CT molecular complexity index is 2860. The Hall–Kier alpha value is -6.99. The van der Waals surface area contributed by atoms with E-state index in [1.54, 1.807) is 23.7 Å². The van der Waals surface area contributed by atoms with Crippen LogP contribution in [-0.2, 0) is 25.7 Å². The molecule has 2 aliphatic rings. The monoisotopic (exact) mass is 1040 g/mol. The van der Waals surface area contributed by atoms with E-state index in [0.717, 1.165) is 110 Å². The lowest BCUT2D eigenvalue weighted by Crippen LogP contribution is -2.57. The molecule has 75 heavy (non-hydrogen) atoms. The Balaban J connectivity index is 0.660. The largest absolute Gasteiger partial charge is 0.391 e. The number of benzene rings is 2. The number of likely N-dealkylation sites (tertiary alicyclic amines) is 1. The lowest BCUT2D eigenvalue weighted by molar-refractivity contribution is -0.144. The maximum absolute atomic E-state index is 14.0. The number of nitrogens with one attached hydrogen (secondary N) is 3. The molecular formula is C56H73N13O5S. The van der Waals surface area contributed by atoms with E-state index in [1.165, 1.54) is 11.1 Å². The Kier molecular flexibility index (Phi) is 18.5. The number of hydrogen-bond acceptors (Lipinski definition) is 14. The summed E-state index contributed by atoms with van der Waals surface area (Å²) < 4.78 is 1.89. The van der Waals surface area contributed by atoms with Crippen molar-refractivity contribution in [1.29, 1.82) is 0 Å². The maximum atomic E-state index is 14.0. The van der Waals surface area contributed by atoms with Crippen LogP contribution in [0.4, 0.5) is 23.0 Å². The fraction of sp³-hybridized carbons (Fsp3) is 0.482. The van der Waals surface area contributed by atoms with Crippen LogP contribution in [0.2, 0.25) is 0 Å². The molecule has 4 aromatic heterocycles. The number of imidazole rings is 1. The van der Waals surface area contributed by atoms with Gasteiger partial charge in [0.05, 0.1) is 34.6 Å². The van der Waals surface area contributed by atoms with Crippen molar-refractivity contribution in [2.45, 2.75) is 136 Å². The van der Waals surface area contributed by atoms with Crippen molar-refractivity contribution >= 4 is 63.6 Å². The molecule has 398 valence electrons. The molecule has 2 aromatic carbocycles. The van der Waals surface area contributed by atoms with E-state index < -0.39 is 23.6 Å². The zero-order valence-corrected chi connectivity index (χ0v) is 44.7. The lowest BCUT2D eigenvalue weighted by atomic mass is 9.85. The van der Waals surface area contributed by atoms with E-state index in [2.05, 4.69) is 52.9 Å². The second-order valence-electron chi connectivity index (χ2n) is 21.0. The van der Waals surface area contributed by atoms with Crippen LogP contribution in [0, 0.1) is 12.3 Å². The first kappa shape index (κ1) is 54.3. The molecule has 6 heterocycles. The van der Waals surface area contributed by atoms with Crippen molar-refractivity contribution in [1.82, 2.24) is 49.8 Å². The number of hydrogen-bond donors (Lipinski definition) is 5. The second-order valence-corrected chi connectivity index (χ2v) is 21.8. The zero-order chi connectivity index (χ0) is 52.9. The molecule has 6 N–H and O–H groups in total. The van der Waals surface area contributed by atoms with E-state index in [1.807, 2.05) is 91.3 Å². The fourth-order valence-electron chi connectivity index (χ4n) is 9.90. The summed E-state index contributed by atoms with van der Waals surface area (Å²) in [5, 5.41) is 20.0. The molecule has 19 heteroatoms. The van der Waals surface area contributed by atoms with Crippen LogP contribution in [0.25, 0.3) is 27.5 Å². The van der Waals surface area contributed by atoms with Gasteiger partial charge < -0.3 is 45.9 Å². The number of aryl methyl sites for hydroxylation is 1. The van der Waals surface area contributed by atoms with Gasteiger partial charge in [-0.1, -0.05) is 96.4 Å². The van der Waals surface area contributed by atoms with Gasteiger partial charge in [0.1, 0.15) is 29.3 Å². The molecule has 18 nitrogen and oxygen atoms in total. The number of β-amino-alcohol motifs (C(OH)–C–C–N with tert-alkyl or cyclic N) is 1. The van der Waals surface area contributed by atoms with E-state index in [-0.39, 0.29) is 43.1 Å². The number of carbonyl (C=O) groups excluding carboxylic acids is 4. The zero-order valence-electron chi connectivity index (χ0n) is 43.8. The molecule has 4 amide bonds. The van der Waals surface area contributed by atoms with E-state index in [9.17, 15) is 24.3 Å². The highest BCUT2D eigenvalue weighted by molar-refractivity contribution is 7.13. The van der Waals surface area contributed by atoms with Crippen LogP contribution in [0.15, 0.2) is 85.0 Å². The van der Waals surface area contributed by atoms with Gasteiger partial charge in [0.2, 0.25) is 23.6 Å². The van der Waals surface area contributed by atoms with Gasteiger partial charge in [0.15, 0.2) is 11.5 Å². The third-order valence-corrected chi connectivity index (χ3v) is 15.2. The predicted octanol–water partition coefficient (Wildman–Crippen LogP) is 8.08. The average molecular weight is 1040 g/mol. The second kappa shape index (κ2) is 25.5. The molecule has 0 saturated carbocycles. The number of fused-ring (bicyclic) bond motifs is 1. The molecule has 2 aliphatic heterocycles. The summed E-state index contributed by atoms with van der Waals surface area (Å²) in [5.41, 5.74) is 13.9.